The lowest BCUT2D eigenvalue weighted by Gasteiger charge is -1.84. The van der Waals surface area contributed by atoms with Crippen molar-refractivity contribution in [1.29, 1.82) is 0 Å². The highest BCUT2D eigenvalue weighted by Gasteiger charge is 1.74. The van der Waals surface area contributed by atoms with Gasteiger partial charge in [-0.05, 0) is 37.3 Å². The van der Waals surface area contributed by atoms with Crippen molar-refractivity contribution >= 4 is 0 Å². The molecule has 0 spiro atoms. The molecule has 0 saturated carbocycles. The van der Waals surface area contributed by atoms with E-state index in [4.69, 9.17) is 0 Å². The van der Waals surface area contributed by atoms with Crippen LogP contribution >= 0.6 is 0 Å². The zero-order chi connectivity index (χ0) is 11.2. The molecule has 15 heavy (non-hydrogen) atoms. The van der Waals surface area contributed by atoms with E-state index in [-0.39, 0.29) is 0 Å². The minimum absolute atomic E-state index is 1.15. The molecule has 0 amide bonds. The van der Waals surface area contributed by atoms with Crippen LogP contribution in [0.3, 0.4) is 0 Å². The summed E-state index contributed by atoms with van der Waals surface area (Å²) in [5, 5.41) is 0. The number of allylic oxidation sites excluding steroid dienone is 6. The molecule has 0 aromatic carbocycles. The van der Waals surface area contributed by atoms with Crippen LogP contribution in [0.2, 0.25) is 0 Å². The van der Waals surface area contributed by atoms with Crippen LogP contribution in [-0.2, 0) is 0 Å². The molecule has 0 unspecified atom stereocenters. The Kier molecular flexibility index (Phi) is 11.0. The fourth-order valence-electron chi connectivity index (χ4n) is 0.839. The first-order valence-electron chi connectivity index (χ1n) is 5.35. The minimum Gasteiger partial charge on any atom is -0.0845 e. The summed E-state index contributed by atoms with van der Waals surface area (Å²) >= 11 is 0. The molecule has 0 aliphatic heterocycles. The molecule has 0 bridgehead atoms. The molecule has 78 valence electrons. The minimum atomic E-state index is 1.15. The van der Waals surface area contributed by atoms with Crippen LogP contribution in [0.1, 0.15) is 33.1 Å². The Labute approximate surface area is 93.8 Å². The van der Waals surface area contributed by atoms with E-state index in [0.717, 1.165) is 6.42 Å². The monoisotopic (exact) mass is 198 g/mol. The molecular formula is C15H18. The van der Waals surface area contributed by atoms with Gasteiger partial charge in [0.1, 0.15) is 0 Å². The molecule has 0 aromatic heterocycles. The van der Waals surface area contributed by atoms with E-state index in [2.05, 4.69) is 36.7 Å². The average molecular weight is 198 g/mol. The van der Waals surface area contributed by atoms with Crippen LogP contribution in [0.5, 0.6) is 0 Å². The zero-order valence-corrected chi connectivity index (χ0v) is 9.59. The average Bonchev–Trinajstić information content (AvgIpc) is 2.26. The number of unbranched alkanes of at least 4 members (excludes halogenated alkanes) is 2. The van der Waals surface area contributed by atoms with E-state index >= 15 is 0 Å². The predicted molar refractivity (Wildman–Crippen MR) is 68.2 cm³/mol. The fourth-order valence-corrected chi connectivity index (χ4v) is 0.839. The molecule has 0 aromatic rings. The maximum Gasteiger partial charge on any atom is -0.0102 e. The smallest absolute Gasteiger partial charge is 0.0102 e. The first-order valence-corrected chi connectivity index (χ1v) is 5.35. The second-order valence-electron chi connectivity index (χ2n) is 2.97. The standard InChI is InChI=1S/C15H18/c1-3-5-7-9-11-13-15-14-12-10-8-6-4-2/h3,5,10,12,14-15H,4,6,8H2,1-2H3/b5-3+,12-10-,15-14+. The molecule has 0 heteroatoms. The third kappa shape index (κ3) is 12.3. The molecule has 0 atom stereocenters. The quantitative estimate of drug-likeness (QED) is 0.365. The molecule has 0 aliphatic carbocycles. The molecule has 0 rings (SSSR count). The van der Waals surface area contributed by atoms with Crippen LogP contribution in [0.4, 0.5) is 0 Å². The topological polar surface area (TPSA) is 0 Å². The van der Waals surface area contributed by atoms with Crippen LogP contribution in [-0.4, -0.2) is 0 Å². The van der Waals surface area contributed by atoms with Gasteiger partial charge in [0, 0.05) is 0 Å². The van der Waals surface area contributed by atoms with E-state index in [9.17, 15) is 0 Å². The van der Waals surface area contributed by atoms with Gasteiger partial charge in [-0.15, -0.1) is 0 Å². The highest BCUT2D eigenvalue weighted by Crippen LogP contribution is 1.94. The molecule has 0 N–H and O–H groups in total. The predicted octanol–water partition coefficient (Wildman–Crippen LogP) is 3.87. The van der Waals surface area contributed by atoms with Gasteiger partial charge in [0.2, 0.25) is 0 Å². The largest absolute Gasteiger partial charge is 0.0845 e. The summed E-state index contributed by atoms with van der Waals surface area (Å²) < 4.78 is 0. The summed E-state index contributed by atoms with van der Waals surface area (Å²) in [6.07, 6.45) is 15.3. The van der Waals surface area contributed by atoms with Crippen molar-refractivity contribution in [1.82, 2.24) is 0 Å². The molecule has 0 aliphatic rings. The lowest BCUT2D eigenvalue weighted by Crippen LogP contribution is -1.64. The van der Waals surface area contributed by atoms with Crippen molar-refractivity contribution in [3.8, 4) is 23.7 Å². The highest BCUT2D eigenvalue weighted by molar-refractivity contribution is 5.34. The van der Waals surface area contributed by atoms with Crippen LogP contribution < -0.4 is 0 Å². The zero-order valence-electron chi connectivity index (χ0n) is 9.59. The molecule has 0 heterocycles. The summed E-state index contributed by atoms with van der Waals surface area (Å²) in [6.45, 7) is 4.13. The van der Waals surface area contributed by atoms with Crippen molar-refractivity contribution < 1.29 is 0 Å². The van der Waals surface area contributed by atoms with E-state index in [0.29, 0.717) is 0 Å². The Morgan fingerprint density at radius 2 is 1.73 bits per heavy atom. The Hall–Kier alpha value is -1.66. The maximum absolute atomic E-state index is 2.85. The summed E-state index contributed by atoms with van der Waals surface area (Å²) in [4.78, 5) is 0. The van der Waals surface area contributed by atoms with Crippen molar-refractivity contribution in [2.75, 3.05) is 0 Å². The van der Waals surface area contributed by atoms with Gasteiger partial charge in [-0.2, -0.15) is 0 Å². The van der Waals surface area contributed by atoms with Gasteiger partial charge in [0.05, 0.1) is 0 Å². The summed E-state index contributed by atoms with van der Waals surface area (Å²) in [5.74, 6) is 11.1. The summed E-state index contributed by atoms with van der Waals surface area (Å²) in [6, 6.07) is 0. The Bertz CT molecular complexity index is 332. The lowest BCUT2D eigenvalue weighted by atomic mass is 10.2. The van der Waals surface area contributed by atoms with E-state index in [1.165, 1.54) is 12.8 Å². The van der Waals surface area contributed by atoms with E-state index in [1.807, 2.05) is 31.2 Å². The Balaban J connectivity index is 3.71. The van der Waals surface area contributed by atoms with Gasteiger partial charge in [-0.3, -0.25) is 0 Å². The third-order valence-corrected chi connectivity index (χ3v) is 1.61. The van der Waals surface area contributed by atoms with Gasteiger partial charge >= 0.3 is 0 Å². The molecule has 0 fully saturated rings. The Morgan fingerprint density at radius 1 is 1.00 bits per heavy atom. The number of hydrogen-bond donors (Lipinski definition) is 0. The normalized spacial score (nSPS) is 10.3. The fraction of sp³-hybridized carbons (Fsp3) is 0.333. The van der Waals surface area contributed by atoms with Gasteiger partial charge in [0.15, 0.2) is 0 Å². The summed E-state index contributed by atoms with van der Waals surface area (Å²) in [5.41, 5.74) is 0. The second-order valence-corrected chi connectivity index (χ2v) is 2.97. The van der Waals surface area contributed by atoms with Crippen molar-refractivity contribution in [3.05, 3.63) is 36.5 Å². The number of rotatable bonds is 4. The Morgan fingerprint density at radius 3 is 2.40 bits per heavy atom. The molecule has 0 nitrogen and oxygen atoms in total. The lowest BCUT2D eigenvalue weighted by molar-refractivity contribution is 0.815. The highest BCUT2D eigenvalue weighted by atomic mass is 13.8. The van der Waals surface area contributed by atoms with Crippen molar-refractivity contribution in [3.63, 3.8) is 0 Å². The SMILES string of the molecule is C/C=C/C#CC#C/C=C/C=C\CCCC. The second kappa shape index (κ2) is 12.3. The van der Waals surface area contributed by atoms with Crippen LogP contribution in [0.15, 0.2) is 36.5 Å². The first kappa shape index (κ1) is 13.3. The van der Waals surface area contributed by atoms with Gasteiger partial charge in [0.25, 0.3) is 0 Å². The van der Waals surface area contributed by atoms with Gasteiger partial charge < -0.3 is 0 Å². The van der Waals surface area contributed by atoms with E-state index in [1.54, 1.807) is 6.08 Å². The summed E-state index contributed by atoms with van der Waals surface area (Å²) in [7, 11) is 0. The van der Waals surface area contributed by atoms with Crippen molar-refractivity contribution in [2.45, 2.75) is 33.1 Å². The number of hydrogen-bond acceptors (Lipinski definition) is 0. The molecular weight excluding hydrogens is 180 g/mol. The maximum atomic E-state index is 2.85. The van der Waals surface area contributed by atoms with Crippen LogP contribution in [0, 0.1) is 23.7 Å². The van der Waals surface area contributed by atoms with Gasteiger partial charge in [-0.1, -0.05) is 55.9 Å². The van der Waals surface area contributed by atoms with E-state index < -0.39 is 0 Å². The molecule has 0 saturated heterocycles. The van der Waals surface area contributed by atoms with Crippen LogP contribution in [0.25, 0.3) is 0 Å². The third-order valence-electron chi connectivity index (χ3n) is 1.61. The van der Waals surface area contributed by atoms with Crippen molar-refractivity contribution in [2.24, 2.45) is 0 Å². The molecule has 0 radical (unpaired) electrons. The van der Waals surface area contributed by atoms with Gasteiger partial charge in [-0.25, -0.2) is 0 Å². The first-order chi connectivity index (χ1) is 7.41.